The lowest BCUT2D eigenvalue weighted by molar-refractivity contribution is 0.0948. The Balaban J connectivity index is 2.55. The van der Waals surface area contributed by atoms with Gasteiger partial charge in [-0.2, -0.15) is 5.10 Å². The van der Waals surface area contributed by atoms with E-state index in [4.69, 9.17) is 0 Å². The Bertz CT molecular complexity index is 281. The highest BCUT2D eigenvalue weighted by Crippen LogP contribution is 2.03. The van der Waals surface area contributed by atoms with Crippen molar-refractivity contribution < 1.29 is 4.79 Å². The maximum absolute atomic E-state index is 11.3. The fourth-order valence-electron chi connectivity index (χ4n) is 0.900. The van der Waals surface area contributed by atoms with Gasteiger partial charge in [0, 0.05) is 19.7 Å². The Morgan fingerprint density at radius 1 is 1.69 bits per heavy atom. The minimum absolute atomic E-state index is 0.115. The van der Waals surface area contributed by atoms with Crippen LogP contribution in [0, 0.1) is 0 Å². The summed E-state index contributed by atoms with van der Waals surface area (Å²) in [4.78, 5) is 11.3. The largest absolute Gasteiger partial charge is 0.372 e. The third-order valence-electron chi connectivity index (χ3n) is 1.61. The maximum atomic E-state index is 11.3. The van der Waals surface area contributed by atoms with E-state index in [1.165, 1.54) is 0 Å². The normalized spacial score (nSPS) is 9.69. The van der Waals surface area contributed by atoms with Gasteiger partial charge in [-0.15, -0.1) is 0 Å². The van der Waals surface area contributed by atoms with Gasteiger partial charge in [-0.25, -0.2) is 0 Å². The number of anilines is 1. The molecule has 1 amide bonds. The van der Waals surface area contributed by atoms with Gasteiger partial charge in [0.05, 0.1) is 0 Å². The second-order valence-corrected chi connectivity index (χ2v) is 2.67. The molecule has 1 aromatic rings. The maximum Gasteiger partial charge on any atom is 0.269 e. The van der Waals surface area contributed by atoms with Crippen molar-refractivity contribution in [2.24, 2.45) is 0 Å². The van der Waals surface area contributed by atoms with Crippen molar-refractivity contribution in [3.05, 3.63) is 11.8 Å². The molecule has 0 unspecified atom stereocenters. The Morgan fingerprint density at radius 2 is 2.46 bits per heavy atom. The quantitative estimate of drug-likeness (QED) is 0.638. The monoisotopic (exact) mass is 182 g/mol. The van der Waals surface area contributed by atoms with Crippen LogP contribution < -0.4 is 10.6 Å². The molecule has 0 spiro atoms. The van der Waals surface area contributed by atoms with Crippen molar-refractivity contribution >= 4 is 11.7 Å². The number of nitrogens with zero attached hydrogens (tertiary/aromatic N) is 1. The number of hydrogen-bond donors (Lipinski definition) is 3. The molecule has 1 aromatic heterocycles. The Kier molecular flexibility index (Phi) is 3.31. The zero-order chi connectivity index (χ0) is 9.68. The lowest BCUT2D eigenvalue weighted by Crippen LogP contribution is -2.24. The molecule has 0 bridgehead atoms. The molecule has 0 atom stereocenters. The number of nitrogens with one attached hydrogen (secondary N) is 3. The Labute approximate surface area is 76.9 Å². The van der Waals surface area contributed by atoms with Crippen molar-refractivity contribution in [2.45, 2.75) is 13.3 Å². The highest BCUT2D eigenvalue weighted by atomic mass is 16.1. The molecule has 0 aromatic carbocycles. The van der Waals surface area contributed by atoms with E-state index < -0.39 is 0 Å². The van der Waals surface area contributed by atoms with Crippen molar-refractivity contribution in [3.8, 4) is 0 Å². The average Bonchev–Trinajstić information content (AvgIpc) is 2.62. The van der Waals surface area contributed by atoms with Crippen molar-refractivity contribution in [1.82, 2.24) is 15.5 Å². The van der Waals surface area contributed by atoms with Gasteiger partial charge < -0.3 is 10.6 Å². The minimum Gasteiger partial charge on any atom is -0.372 e. The van der Waals surface area contributed by atoms with Gasteiger partial charge in [0.15, 0.2) is 0 Å². The van der Waals surface area contributed by atoms with Crippen LogP contribution in [0.25, 0.3) is 0 Å². The number of aromatic amines is 1. The van der Waals surface area contributed by atoms with Crippen LogP contribution in [0.3, 0.4) is 0 Å². The van der Waals surface area contributed by atoms with Crippen LogP contribution in [0.2, 0.25) is 0 Å². The molecule has 1 rings (SSSR count). The number of carbonyl (C=O) groups is 1. The molecule has 5 nitrogen and oxygen atoms in total. The summed E-state index contributed by atoms with van der Waals surface area (Å²) in [5.74, 6) is 0.553. The van der Waals surface area contributed by atoms with Crippen molar-refractivity contribution in [3.63, 3.8) is 0 Å². The zero-order valence-corrected chi connectivity index (χ0v) is 7.85. The number of rotatable bonds is 4. The summed E-state index contributed by atoms with van der Waals surface area (Å²) in [5, 5.41) is 12.1. The third kappa shape index (κ3) is 2.47. The first kappa shape index (κ1) is 9.57. The number of amides is 1. The second kappa shape index (κ2) is 4.49. The van der Waals surface area contributed by atoms with E-state index in [0.29, 0.717) is 18.1 Å². The second-order valence-electron chi connectivity index (χ2n) is 2.67. The molecular formula is C8H14N4O. The molecule has 5 heteroatoms. The van der Waals surface area contributed by atoms with Gasteiger partial charge >= 0.3 is 0 Å². The molecule has 0 aliphatic rings. The predicted molar refractivity (Wildman–Crippen MR) is 50.8 cm³/mol. The summed E-state index contributed by atoms with van der Waals surface area (Å²) < 4.78 is 0. The number of aromatic nitrogens is 2. The van der Waals surface area contributed by atoms with Crippen LogP contribution in [0.5, 0.6) is 0 Å². The Hall–Kier alpha value is -1.52. The zero-order valence-electron chi connectivity index (χ0n) is 7.85. The molecule has 0 saturated heterocycles. The SMILES string of the molecule is CCCNC(=O)c1cc(NC)n[nH]1. The highest BCUT2D eigenvalue weighted by molar-refractivity contribution is 5.92. The first-order valence-corrected chi connectivity index (χ1v) is 4.29. The van der Waals surface area contributed by atoms with E-state index in [-0.39, 0.29) is 5.91 Å². The molecule has 0 radical (unpaired) electrons. The molecule has 13 heavy (non-hydrogen) atoms. The number of carbonyl (C=O) groups excluding carboxylic acids is 1. The number of H-pyrrole nitrogens is 1. The van der Waals surface area contributed by atoms with E-state index in [1.54, 1.807) is 13.1 Å². The summed E-state index contributed by atoms with van der Waals surface area (Å²) in [7, 11) is 1.75. The van der Waals surface area contributed by atoms with E-state index in [2.05, 4.69) is 20.8 Å². The van der Waals surface area contributed by atoms with Gasteiger partial charge in [0.1, 0.15) is 11.5 Å². The van der Waals surface area contributed by atoms with Crippen molar-refractivity contribution in [1.29, 1.82) is 0 Å². The minimum atomic E-state index is -0.115. The first-order chi connectivity index (χ1) is 6.27. The highest BCUT2D eigenvalue weighted by Gasteiger charge is 2.07. The summed E-state index contributed by atoms with van der Waals surface area (Å²) in [5.41, 5.74) is 0.484. The lowest BCUT2D eigenvalue weighted by atomic mass is 10.4. The Morgan fingerprint density at radius 3 is 3.00 bits per heavy atom. The van der Waals surface area contributed by atoms with E-state index in [0.717, 1.165) is 6.42 Å². The van der Waals surface area contributed by atoms with Gasteiger partial charge in [-0.05, 0) is 6.42 Å². The first-order valence-electron chi connectivity index (χ1n) is 4.29. The van der Waals surface area contributed by atoms with Gasteiger partial charge in [-0.3, -0.25) is 9.89 Å². The van der Waals surface area contributed by atoms with Crippen LogP contribution in [-0.4, -0.2) is 29.7 Å². The molecule has 3 N–H and O–H groups in total. The summed E-state index contributed by atoms with van der Waals surface area (Å²) in [6.45, 7) is 2.69. The third-order valence-corrected chi connectivity index (χ3v) is 1.61. The molecule has 72 valence electrons. The summed E-state index contributed by atoms with van der Waals surface area (Å²) in [6, 6.07) is 1.67. The summed E-state index contributed by atoms with van der Waals surface area (Å²) >= 11 is 0. The van der Waals surface area contributed by atoms with E-state index >= 15 is 0 Å². The standard InChI is InChI=1S/C8H14N4O/c1-3-4-10-8(13)6-5-7(9-2)12-11-6/h5H,3-4H2,1-2H3,(H,10,13)(H2,9,11,12). The van der Waals surface area contributed by atoms with Crippen LogP contribution >= 0.6 is 0 Å². The summed E-state index contributed by atoms with van der Waals surface area (Å²) in [6.07, 6.45) is 0.929. The topological polar surface area (TPSA) is 69.8 Å². The van der Waals surface area contributed by atoms with Gasteiger partial charge in [0.2, 0.25) is 0 Å². The fourth-order valence-corrected chi connectivity index (χ4v) is 0.900. The van der Waals surface area contributed by atoms with E-state index in [9.17, 15) is 4.79 Å². The van der Waals surface area contributed by atoms with Crippen molar-refractivity contribution in [2.75, 3.05) is 18.9 Å². The molecule has 0 saturated carbocycles. The van der Waals surface area contributed by atoms with Crippen LogP contribution in [0.4, 0.5) is 5.82 Å². The molecule has 1 heterocycles. The fraction of sp³-hybridized carbons (Fsp3) is 0.500. The van der Waals surface area contributed by atoms with Gasteiger partial charge in [0.25, 0.3) is 5.91 Å². The van der Waals surface area contributed by atoms with Crippen LogP contribution in [0.1, 0.15) is 23.8 Å². The van der Waals surface area contributed by atoms with E-state index in [1.807, 2.05) is 6.92 Å². The van der Waals surface area contributed by atoms with Crippen LogP contribution in [-0.2, 0) is 0 Å². The smallest absolute Gasteiger partial charge is 0.269 e. The molecular weight excluding hydrogens is 168 g/mol. The molecule has 0 aliphatic carbocycles. The van der Waals surface area contributed by atoms with Crippen LogP contribution in [0.15, 0.2) is 6.07 Å². The average molecular weight is 182 g/mol. The predicted octanol–water partition coefficient (Wildman–Crippen LogP) is 0.591. The molecule has 0 aliphatic heterocycles. The lowest BCUT2D eigenvalue weighted by Gasteiger charge is -1.98. The number of hydrogen-bond acceptors (Lipinski definition) is 3. The molecule has 0 fully saturated rings. The van der Waals surface area contributed by atoms with Gasteiger partial charge in [-0.1, -0.05) is 6.92 Å².